The summed E-state index contributed by atoms with van der Waals surface area (Å²) in [6, 6.07) is 4.12. The maximum atomic E-state index is 12.1. The van der Waals surface area contributed by atoms with E-state index < -0.39 is 0 Å². The van der Waals surface area contributed by atoms with E-state index in [-0.39, 0.29) is 11.8 Å². The van der Waals surface area contributed by atoms with Crippen molar-refractivity contribution in [1.29, 1.82) is 0 Å². The Kier molecular flexibility index (Phi) is 3.98. The standard InChI is InChI=1S/C15H19BrN2O2/c1-9(12-6-17-7-12)15(19)18-8-11-5-13(16)4-10-2-3-20-14(10)11/h4-5,9,12,17H,2-3,6-8H2,1H3,(H,18,19). The van der Waals surface area contributed by atoms with Crippen LogP contribution in [0.4, 0.5) is 0 Å². The van der Waals surface area contributed by atoms with Crippen molar-refractivity contribution in [2.75, 3.05) is 19.7 Å². The molecule has 0 bridgehead atoms. The maximum absolute atomic E-state index is 12.1. The highest BCUT2D eigenvalue weighted by molar-refractivity contribution is 9.10. The summed E-state index contributed by atoms with van der Waals surface area (Å²) in [6.07, 6.45) is 0.944. The summed E-state index contributed by atoms with van der Waals surface area (Å²) in [4.78, 5) is 12.1. The molecule has 1 aromatic rings. The highest BCUT2D eigenvalue weighted by Crippen LogP contribution is 2.33. The fourth-order valence-corrected chi connectivity index (χ4v) is 3.25. The Balaban J connectivity index is 1.65. The van der Waals surface area contributed by atoms with Crippen molar-refractivity contribution in [1.82, 2.24) is 10.6 Å². The summed E-state index contributed by atoms with van der Waals surface area (Å²) < 4.78 is 6.72. The molecule has 1 unspecified atom stereocenters. The second kappa shape index (κ2) is 5.74. The van der Waals surface area contributed by atoms with Crippen LogP contribution >= 0.6 is 15.9 Å². The highest BCUT2D eigenvalue weighted by Gasteiger charge is 2.28. The minimum atomic E-state index is 0.0670. The maximum Gasteiger partial charge on any atom is 0.223 e. The summed E-state index contributed by atoms with van der Waals surface area (Å²) in [7, 11) is 0. The number of rotatable bonds is 4. The lowest BCUT2D eigenvalue weighted by Gasteiger charge is -2.31. The van der Waals surface area contributed by atoms with Crippen LogP contribution in [0.3, 0.4) is 0 Å². The predicted molar refractivity (Wildman–Crippen MR) is 80.7 cm³/mol. The molecule has 2 N–H and O–H groups in total. The van der Waals surface area contributed by atoms with Gasteiger partial charge in [0.05, 0.1) is 6.61 Å². The first-order valence-corrected chi connectivity index (χ1v) is 7.87. The molecule has 0 aliphatic carbocycles. The van der Waals surface area contributed by atoms with Gasteiger partial charge in [-0.3, -0.25) is 4.79 Å². The van der Waals surface area contributed by atoms with Gasteiger partial charge in [-0.2, -0.15) is 0 Å². The Bertz CT molecular complexity index is 529. The molecule has 5 heteroatoms. The first-order valence-electron chi connectivity index (χ1n) is 7.07. The number of carbonyl (C=O) groups excluding carboxylic acids is 1. The van der Waals surface area contributed by atoms with E-state index >= 15 is 0 Å². The van der Waals surface area contributed by atoms with Crippen molar-refractivity contribution in [3.63, 3.8) is 0 Å². The zero-order chi connectivity index (χ0) is 14.1. The van der Waals surface area contributed by atoms with Crippen LogP contribution in [0.15, 0.2) is 16.6 Å². The third-order valence-electron chi connectivity index (χ3n) is 4.21. The molecule has 2 aliphatic heterocycles. The monoisotopic (exact) mass is 338 g/mol. The molecule has 0 saturated carbocycles. The van der Waals surface area contributed by atoms with Crippen LogP contribution in [0.1, 0.15) is 18.1 Å². The number of ether oxygens (including phenoxy) is 1. The lowest BCUT2D eigenvalue weighted by molar-refractivity contribution is -0.126. The molecule has 1 aromatic carbocycles. The highest BCUT2D eigenvalue weighted by atomic mass is 79.9. The van der Waals surface area contributed by atoms with E-state index in [0.29, 0.717) is 12.5 Å². The number of carbonyl (C=O) groups is 1. The summed E-state index contributed by atoms with van der Waals surface area (Å²) >= 11 is 3.52. The van der Waals surface area contributed by atoms with Crippen LogP contribution in [0, 0.1) is 11.8 Å². The van der Waals surface area contributed by atoms with Crippen molar-refractivity contribution >= 4 is 21.8 Å². The number of halogens is 1. The van der Waals surface area contributed by atoms with Gasteiger partial charge in [0.2, 0.25) is 5.91 Å². The van der Waals surface area contributed by atoms with Gasteiger partial charge in [0.15, 0.2) is 0 Å². The first-order chi connectivity index (χ1) is 9.65. The Labute approximate surface area is 127 Å². The summed E-state index contributed by atoms with van der Waals surface area (Å²) in [6.45, 7) is 5.17. The summed E-state index contributed by atoms with van der Waals surface area (Å²) in [5, 5.41) is 6.24. The molecule has 0 radical (unpaired) electrons. The number of nitrogens with one attached hydrogen (secondary N) is 2. The second-order valence-corrected chi connectivity index (χ2v) is 6.49. The molecular weight excluding hydrogens is 320 g/mol. The van der Waals surface area contributed by atoms with Crippen LogP contribution in [0.25, 0.3) is 0 Å². The van der Waals surface area contributed by atoms with Gasteiger partial charge >= 0.3 is 0 Å². The van der Waals surface area contributed by atoms with E-state index in [9.17, 15) is 4.79 Å². The van der Waals surface area contributed by atoms with Gasteiger partial charge in [-0.1, -0.05) is 22.9 Å². The van der Waals surface area contributed by atoms with E-state index in [1.54, 1.807) is 0 Å². The van der Waals surface area contributed by atoms with Crippen molar-refractivity contribution < 1.29 is 9.53 Å². The van der Waals surface area contributed by atoms with Crippen LogP contribution < -0.4 is 15.4 Å². The molecular formula is C15H19BrN2O2. The smallest absolute Gasteiger partial charge is 0.223 e. The van der Waals surface area contributed by atoms with E-state index in [1.165, 1.54) is 5.56 Å². The lowest BCUT2D eigenvalue weighted by Crippen LogP contribution is -2.49. The number of hydrogen-bond acceptors (Lipinski definition) is 3. The Morgan fingerprint density at radius 3 is 3.05 bits per heavy atom. The fraction of sp³-hybridized carbons (Fsp3) is 0.533. The number of fused-ring (bicyclic) bond motifs is 1. The fourth-order valence-electron chi connectivity index (χ4n) is 2.70. The van der Waals surface area contributed by atoms with E-state index in [0.717, 1.165) is 41.9 Å². The molecule has 2 heterocycles. The minimum Gasteiger partial charge on any atom is -0.493 e. The Morgan fingerprint density at radius 2 is 2.35 bits per heavy atom. The van der Waals surface area contributed by atoms with Crippen LogP contribution in [0.2, 0.25) is 0 Å². The van der Waals surface area contributed by atoms with Gasteiger partial charge in [-0.15, -0.1) is 0 Å². The molecule has 108 valence electrons. The second-order valence-electron chi connectivity index (χ2n) is 5.58. The first kappa shape index (κ1) is 13.9. The molecule has 0 aromatic heterocycles. The van der Waals surface area contributed by atoms with Crippen molar-refractivity contribution in [3.8, 4) is 5.75 Å². The largest absolute Gasteiger partial charge is 0.493 e. The van der Waals surface area contributed by atoms with E-state index in [1.807, 2.05) is 13.0 Å². The molecule has 1 amide bonds. The molecule has 20 heavy (non-hydrogen) atoms. The zero-order valence-electron chi connectivity index (χ0n) is 11.5. The summed E-state index contributed by atoms with van der Waals surface area (Å²) in [5.41, 5.74) is 2.28. The zero-order valence-corrected chi connectivity index (χ0v) is 13.1. The molecule has 1 saturated heterocycles. The van der Waals surface area contributed by atoms with E-state index in [2.05, 4.69) is 32.6 Å². The summed E-state index contributed by atoms with van der Waals surface area (Å²) in [5.74, 6) is 1.62. The molecule has 3 rings (SSSR count). The van der Waals surface area contributed by atoms with Gasteiger partial charge in [-0.05, 0) is 36.7 Å². The minimum absolute atomic E-state index is 0.0670. The van der Waals surface area contributed by atoms with Crippen LogP contribution in [-0.4, -0.2) is 25.6 Å². The normalized spacial score (nSPS) is 18.9. The molecule has 1 atom stereocenters. The predicted octanol–water partition coefficient (Wildman–Crippen LogP) is 1.86. The lowest BCUT2D eigenvalue weighted by atomic mass is 9.88. The molecule has 2 aliphatic rings. The topological polar surface area (TPSA) is 50.4 Å². The molecule has 1 fully saturated rings. The van der Waals surface area contributed by atoms with Crippen LogP contribution in [-0.2, 0) is 17.8 Å². The average molecular weight is 339 g/mol. The van der Waals surface area contributed by atoms with Gasteiger partial charge < -0.3 is 15.4 Å². The Hall–Kier alpha value is -1.07. The van der Waals surface area contributed by atoms with Crippen molar-refractivity contribution in [2.45, 2.75) is 19.9 Å². The van der Waals surface area contributed by atoms with Crippen molar-refractivity contribution in [2.24, 2.45) is 11.8 Å². The Morgan fingerprint density at radius 1 is 1.55 bits per heavy atom. The van der Waals surface area contributed by atoms with Gasteiger partial charge in [0.25, 0.3) is 0 Å². The quantitative estimate of drug-likeness (QED) is 0.880. The van der Waals surface area contributed by atoms with Crippen LogP contribution in [0.5, 0.6) is 5.75 Å². The van der Waals surface area contributed by atoms with Gasteiger partial charge in [0.1, 0.15) is 5.75 Å². The number of amides is 1. The van der Waals surface area contributed by atoms with Crippen molar-refractivity contribution in [3.05, 3.63) is 27.7 Å². The number of benzene rings is 1. The third-order valence-corrected chi connectivity index (χ3v) is 4.67. The van der Waals surface area contributed by atoms with E-state index in [4.69, 9.17) is 4.74 Å². The number of hydrogen-bond donors (Lipinski definition) is 2. The van der Waals surface area contributed by atoms with Gasteiger partial charge in [-0.25, -0.2) is 0 Å². The average Bonchev–Trinajstić information content (AvgIpc) is 2.81. The SMILES string of the molecule is CC(C(=O)NCc1cc(Br)cc2c1OCC2)C1CNC1. The molecule has 4 nitrogen and oxygen atoms in total. The van der Waals surface area contributed by atoms with Gasteiger partial charge in [0, 0.05) is 28.9 Å². The third kappa shape index (κ3) is 2.69. The molecule has 0 spiro atoms.